The minimum atomic E-state index is -1.43. The second kappa shape index (κ2) is 66.0. The van der Waals surface area contributed by atoms with Crippen LogP contribution in [0.15, 0.2) is 0 Å². The molecule has 4 N–H and O–H groups in total. The molecule has 0 heterocycles. The number of aliphatic carboxylic acids is 2. The molecule has 14 nitrogen and oxygen atoms in total. The summed E-state index contributed by atoms with van der Waals surface area (Å²) in [4.78, 5) is 85.0. The van der Waals surface area contributed by atoms with Crippen molar-refractivity contribution in [1.82, 2.24) is 0 Å². The van der Waals surface area contributed by atoms with E-state index in [-0.39, 0.29) is 37.7 Å². The van der Waals surface area contributed by atoms with Gasteiger partial charge in [0.25, 0.3) is 0 Å². The Morgan fingerprint density at radius 3 is 0.636 bits per heavy atom. The Morgan fingerprint density at radius 1 is 0.545 bits per heavy atom. The molecule has 0 amide bonds. The van der Waals surface area contributed by atoms with Crippen LogP contribution in [-0.4, -0.2) is 70.4 Å². The van der Waals surface area contributed by atoms with Gasteiger partial charge < -0.3 is 10.2 Å². The normalized spacial score (nSPS) is 5.18. The Labute approximate surface area is 120 Å². The highest BCUT2D eigenvalue weighted by Gasteiger charge is 1.81. The van der Waals surface area contributed by atoms with E-state index in [4.69, 9.17) is 69.0 Å². The van der Waals surface area contributed by atoms with Gasteiger partial charge in [-0.15, -0.1) is 0 Å². The Kier molecular flexibility index (Phi) is 109. The fourth-order valence-electron chi connectivity index (χ4n) is 0. The van der Waals surface area contributed by atoms with E-state index in [2.05, 4.69) is 0 Å². The van der Waals surface area contributed by atoms with Gasteiger partial charge in [0.2, 0.25) is 12.6 Å². The molecule has 0 saturated heterocycles. The summed E-state index contributed by atoms with van der Waals surface area (Å²) in [6.07, 6.45) is 0.444. The Bertz CT molecular complexity index is 266. The number of carbonyl (C=O) groups excluding carboxylic acids is 6. The molecular weight excluding hydrogens is 320 g/mol. The highest BCUT2D eigenvalue weighted by molar-refractivity contribution is 6.19. The average molecular weight is 330 g/mol. The third-order valence-corrected chi connectivity index (χ3v) is 0.313. The van der Waals surface area contributed by atoms with Crippen LogP contribution in [0.2, 0.25) is 0 Å². The van der Waals surface area contributed by atoms with Crippen molar-refractivity contribution in [2.45, 2.75) is 0 Å². The van der Waals surface area contributed by atoms with Crippen LogP contribution in [-0.2, 0) is 38.4 Å². The van der Waals surface area contributed by atoms with E-state index in [0.717, 1.165) is 0 Å². The molecule has 0 aromatic heterocycles. The monoisotopic (exact) mass is 330 g/mol. The summed E-state index contributed by atoms with van der Waals surface area (Å²) in [5.41, 5.74) is 0. The molecule has 0 aromatic carbocycles. The zero-order valence-electron chi connectivity index (χ0n) is 10.3. The van der Waals surface area contributed by atoms with E-state index >= 15 is 0 Å². The zero-order valence-corrected chi connectivity index (χ0v) is 10.3. The molecule has 0 atom stereocenters. The fourth-order valence-corrected chi connectivity index (χ4v) is 0. The number of carboxylic acids is 2. The van der Waals surface area contributed by atoms with Gasteiger partial charge in [-0.05, 0) is 0 Å². The summed E-state index contributed by atoms with van der Waals surface area (Å²) in [6, 6.07) is 0. The number of rotatable bonds is 4. The molecule has 0 radical (unpaired) electrons. The van der Waals surface area contributed by atoms with E-state index in [1.54, 1.807) is 0 Å². The minimum Gasteiger partial charge on any atom is -0.476 e. The lowest BCUT2D eigenvalue weighted by Crippen LogP contribution is -1.91. The van der Waals surface area contributed by atoms with Crippen LogP contribution in [0, 0.1) is 9.93 Å². The molecule has 14 heteroatoms. The van der Waals surface area contributed by atoms with Crippen molar-refractivity contribution in [2.75, 3.05) is 0 Å². The number of hydrogen-bond acceptors (Lipinski definition) is 12. The molecule has 0 unspecified atom stereocenters. The predicted molar refractivity (Wildman–Crippen MR) is 63.6 cm³/mol. The van der Waals surface area contributed by atoms with Crippen molar-refractivity contribution in [1.29, 1.82) is 0 Å². The Hall–Kier alpha value is -3.52. The molecule has 0 fully saturated rings. The lowest BCUT2D eigenvalue weighted by Gasteiger charge is -1.59. The van der Waals surface area contributed by atoms with Crippen molar-refractivity contribution in [3.05, 3.63) is 9.93 Å². The third-order valence-electron chi connectivity index (χ3n) is 0.313. The first kappa shape index (κ1) is 36.3. The van der Waals surface area contributed by atoms with Crippen molar-refractivity contribution >= 4 is 49.7 Å². The Morgan fingerprint density at radius 2 is 0.636 bits per heavy atom. The van der Waals surface area contributed by atoms with Gasteiger partial charge in [0.15, 0.2) is 25.1 Å². The molecule has 0 aromatic rings. The first-order valence-corrected chi connectivity index (χ1v) is 3.88. The Balaban J connectivity index is -0.0000000362. The number of carbonyl (C=O) groups is 8. The van der Waals surface area contributed by atoms with Crippen LogP contribution in [0.1, 0.15) is 0 Å². The first-order valence-electron chi connectivity index (χ1n) is 3.88. The molecule has 0 bridgehead atoms. The maximum Gasteiger partial charge on any atom is 0.368 e. The first-order chi connectivity index (χ1) is 10.4. The van der Waals surface area contributed by atoms with Crippen molar-refractivity contribution in [2.24, 2.45) is 0 Å². The van der Waals surface area contributed by atoms with Gasteiger partial charge in [-0.25, -0.2) is 9.59 Å². The van der Waals surface area contributed by atoms with Gasteiger partial charge in [0.05, 0.1) is 0 Å². The van der Waals surface area contributed by atoms with Crippen LogP contribution in [0.4, 0.5) is 0 Å². The van der Waals surface area contributed by atoms with Crippen LogP contribution in [0.5, 0.6) is 0 Å². The van der Waals surface area contributed by atoms with E-state index in [1.165, 1.54) is 0 Å². The van der Waals surface area contributed by atoms with Gasteiger partial charge in [-0.1, -0.05) is 0 Å². The summed E-state index contributed by atoms with van der Waals surface area (Å²) in [6.45, 7) is 0. The van der Waals surface area contributed by atoms with E-state index in [9.17, 15) is 0 Å². The predicted octanol–water partition coefficient (Wildman–Crippen LogP) is -2.61. The van der Waals surface area contributed by atoms with Crippen LogP contribution in [0.25, 0.3) is 0 Å². The molecule has 0 aliphatic carbocycles. The fraction of sp³-hybridized carbons (Fsp3) is 0. The molecule has 0 rings (SSSR count). The number of hydrogen-bond donors (Lipinski definition) is 4. The van der Waals surface area contributed by atoms with Gasteiger partial charge in [-0.2, -0.15) is 0 Å². The van der Waals surface area contributed by atoms with Crippen LogP contribution < -0.4 is 0 Å². The standard InChI is InChI=1S/2C2H2O3.2C2H2O2.H2O2.O2/c2*3-1-2(4)5;2*3-1-2-4;2*1-2/h2*1H,(H,4,5);2*1-2H;1-2H;. The second-order valence-corrected chi connectivity index (χ2v) is 1.46. The summed E-state index contributed by atoms with van der Waals surface area (Å²) < 4.78 is 0. The van der Waals surface area contributed by atoms with E-state index in [0.29, 0.717) is 0 Å². The van der Waals surface area contributed by atoms with Gasteiger partial charge in [0.1, 0.15) is 0 Å². The molecular formula is C8H10O14. The molecule has 0 aliphatic heterocycles. The summed E-state index contributed by atoms with van der Waals surface area (Å²) in [5.74, 6) is -2.85. The smallest absolute Gasteiger partial charge is 0.368 e. The quantitative estimate of drug-likeness (QED) is 0.178. The average Bonchev–Trinajstić information content (AvgIpc) is 2.59. The highest BCUT2D eigenvalue weighted by atomic mass is 17.0. The summed E-state index contributed by atoms with van der Waals surface area (Å²) in [7, 11) is 0. The van der Waals surface area contributed by atoms with Crippen molar-refractivity contribution in [3.63, 3.8) is 0 Å². The lowest BCUT2D eigenvalue weighted by atomic mass is 10.8. The summed E-state index contributed by atoms with van der Waals surface area (Å²) in [5, 5.41) is 26.7. The maximum absolute atomic E-state index is 9.00. The van der Waals surface area contributed by atoms with E-state index < -0.39 is 11.9 Å². The van der Waals surface area contributed by atoms with E-state index in [1.807, 2.05) is 0 Å². The lowest BCUT2D eigenvalue weighted by molar-refractivity contribution is -0.176. The van der Waals surface area contributed by atoms with Gasteiger partial charge in [-0.3, -0.25) is 39.3 Å². The minimum absolute atomic E-state index is 0.167. The summed E-state index contributed by atoms with van der Waals surface area (Å²) >= 11 is 0. The number of aldehydes is 6. The largest absolute Gasteiger partial charge is 0.476 e. The topological polar surface area (TPSA) is 252 Å². The SMILES string of the molecule is O=CC(=O)O.O=CC(=O)O.O=CC=O.O=CC=O.O=O.OO. The van der Waals surface area contributed by atoms with Crippen LogP contribution in [0.3, 0.4) is 0 Å². The van der Waals surface area contributed by atoms with Gasteiger partial charge >= 0.3 is 11.9 Å². The molecule has 0 aliphatic rings. The molecule has 126 valence electrons. The second-order valence-electron chi connectivity index (χ2n) is 1.46. The van der Waals surface area contributed by atoms with Gasteiger partial charge in [0, 0.05) is 9.93 Å². The van der Waals surface area contributed by atoms with Crippen molar-refractivity contribution in [3.8, 4) is 0 Å². The molecule has 0 spiro atoms. The molecule has 22 heavy (non-hydrogen) atoms. The third kappa shape index (κ3) is 642. The number of carboxylic acid groups (broad SMARTS) is 2. The molecule has 0 saturated carbocycles. The van der Waals surface area contributed by atoms with Crippen molar-refractivity contribution < 1.29 is 59.1 Å². The highest BCUT2D eigenvalue weighted by Crippen LogP contribution is 1.39. The van der Waals surface area contributed by atoms with Crippen LogP contribution >= 0.6 is 0 Å². The maximum atomic E-state index is 9.00. The zero-order chi connectivity index (χ0) is 19.4.